The summed E-state index contributed by atoms with van der Waals surface area (Å²) in [5.41, 5.74) is -3.79. The number of carbonyl (C=O) groups excluding carboxylic acids is 3. The van der Waals surface area contributed by atoms with E-state index in [0.29, 0.717) is 6.42 Å². The van der Waals surface area contributed by atoms with E-state index >= 15 is 4.39 Å². The van der Waals surface area contributed by atoms with Gasteiger partial charge in [0.1, 0.15) is 12.5 Å². The molecular formula is C27H30ClFN2O6. The van der Waals surface area contributed by atoms with Gasteiger partial charge in [-0.1, -0.05) is 26.8 Å². The summed E-state index contributed by atoms with van der Waals surface area (Å²) in [6.07, 6.45) is 4.51. The van der Waals surface area contributed by atoms with Crippen molar-refractivity contribution in [1.82, 2.24) is 9.97 Å². The predicted molar refractivity (Wildman–Crippen MR) is 130 cm³/mol. The second kappa shape index (κ2) is 8.43. The molecule has 37 heavy (non-hydrogen) atoms. The molecule has 3 saturated carbocycles. The summed E-state index contributed by atoms with van der Waals surface area (Å²) >= 11 is 7.38. The lowest BCUT2D eigenvalue weighted by atomic mass is 9.45. The summed E-state index contributed by atoms with van der Waals surface area (Å²) in [5.74, 6) is -3.41. The van der Waals surface area contributed by atoms with Crippen molar-refractivity contribution in [2.45, 2.75) is 62.8 Å². The first-order chi connectivity index (χ1) is 17.4. The monoisotopic (exact) mass is 532 g/mol. The highest BCUT2D eigenvalue weighted by atomic mass is 35.5. The van der Waals surface area contributed by atoms with Gasteiger partial charge in [-0.15, -0.1) is 11.6 Å². The topological polar surface area (TPSA) is 116 Å². The summed E-state index contributed by atoms with van der Waals surface area (Å²) in [4.78, 5) is 45.3. The zero-order valence-electron chi connectivity index (χ0n) is 21.1. The SMILES string of the molecule is COC(=O)[C@@]1(OC(=O)c2ccncn2)[C@@H](C)CC2C3C[C@H](F)C4=CC(=O)C=C[C@]4(C)[C@@]3(Cl)[C@@H](O)C[C@@]21C. The van der Waals surface area contributed by atoms with Crippen LogP contribution >= 0.6 is 11.6 Å². The highest BCUT2D eigenvalue weighted by Gasteiger charge is 2.78. The van der Waals surface area contributed by atoms with Gasteiger partial charge in [-0.05, 0) is 54.9 Å². The number of methoxy groups -OCH3 is 1. The standard InChI is InChI=1S/C27H30ClFN2O6/c1-14-9-16-17-11-19(29)18-10-15(32)5-7-24(18,2)26(17,28)21(33)12-25(16,3)27(14,23(35)36-4)37-22(34)20-6-8-30-13-31-20/h5-8,10,13-14,16-17,19,21,33H,9,11-12H2,1-4H3/t14-,16?,17?,19-,21-,24-,25-,26-,27-/m0/s1. The van der Waals surface area contributed by atoms with E-state index in [-0.39, 0.29) is 29.9 Å². The Kier molecular flexibility index (Phi) is 5.92. The largest absolute Gasteiger partial charge is 0.466 e. The minimum Gasteiger partial charge on any atom is -0.466 e. The van der Waals surface area contributed by atoms with Crippen LogP contribution in [0.2, 0.25) is 0 Å². The molecule has 1 N–H and O–H groups in total. The molecule has 3 fully saturated rings. The quantitative estimate of drug-likeness (QED) is 0.465. The second-order valence-electron chi connectivity index (χ2n) is 11.2. The van der Waals surface area contributed by atoms with Crippen LogP contribution in [0.3, 0.4) is 0 Å². The third-order valence-corrected chi connectivity index (χ3v) is 10.6. The van der Waals surface area contributed by atoms with Crippen LogP contribution in [0, 0.1) is 28.6 Å². The van der Waals surface area contributed by atoms with Gasteiger partial charge in [0.25, 0.3) is 0 Å². The van der Waals surface area contributed by atoms with E-state index in [9.17, 15) is 19.5 Å². The fraction of sp³-hybridized carbons (Fsp3) is 0.593. The number of hydrogen-bond donors (Lipinski definition) is 1. The van der Waals surface area contributed by atoms with Crippen LogP contribution in [-0.2, 0) is 19.1 Å². The van der Waals surface area contributed by atoms with Crippen LogP contribution in [0.25, 0.3) is 0 Å². The summed E-state index contributed by atoms with van der Waals surface area (Å²) in [6.45, 7) is 5.32. The van der Waals surface area contributed by atoms with E-state index in [2.05, 4.69) is 9.97 Å². The molecule has 1 aromatic rings. The van der Waals surface area contributed by atoms with E-state index in [0.717, 1.165) is 0 Å². The van der Waals surface area contributed by atoms with Crippen molar-refractivity contribution in [3.05, 3.63) is 48.1 Å². The number of halogens is 2. The van der Waals surface area contributed by atoms with Gasteiger partial charge >= 0.3 is 11.9 Å². The van der Waals surface area contributed by atoms with Crippen molar-refractivity contribution >= 4 is 29.3 Å². The number of allylic oxidation sites excluding steroid dienone is 4. The Morgan fingerprint density at radius 3 is 2.62 bits per heavy atom. The molecule has 8 nitrogen and oxygen atoms in total. The molecule has 0 amide bonds. The van der Waals surface area contributed by atoms with Gasteiger partial charge in [-0.3, -0.25) is 4.79 Å². The minimum atomic E-state index is -1.77. The Bertz CT molecular complexity index is 1220. The van der Waals surface area contributed by atoms with Gasteiger partial charge < -0.3 is 14.6 Å². The average Bonchev–Trinajstić information content (AvgIpc) is 3.09. The Labute approximate surface area is 219 Å². The number of esters is 2. The number of ether oxygens (including phenoxy) is 2. The fourth-order valence-corrected chi connectivity index (χ4v) is 8.47. The predicted octanol–water partition coefficient (Wildman–Crippen LogP) is 3.38. The van der Waals surface area contributed by atoms with Crippen molar-refractivity contribution in [1.29, 1.82) is 0 Å². The summed E-state index contributed by atoms with van der Waals surface area (Å²) in [6, 6.07) is 1.38. The van der Waals surface area contributed by atoms with Crippen LogP contribution in [0.15, 0.2) is 42.4 Å². The molecule has 0 saturated heterocycles. The first-order valence-corrected chi connectivity index (χ1v) is 12.8. The van der Waals surface area contributed by atoms with Gasteiger partial charge in [0, 0.05) is 22.9 Å². The molecule has 0 bridgehead atoms. The average molecular weight is 533 g/mol. The lowest BCUT2D eigenvalue weighted by Crippen LogP contribution is -2.70. The van der Waals surface area contributed by atoms with E-state index < -0.39 is 63.3 Å². The third-order valence-electron chi connectivity index (χ3n) is 9.70. The van der Waals surface area contributed by atoms with Gasteiger partial charge in [-0.2, -0.15) is 0 Å². The third kappa shape index (κ3) is 3.19. The number of nitrogens with zero attached hydrogens (tertiary/aromatic N) is 2. The van der Waals surface area contributed by atoms with Crippen molar-refractivity contribution < 1.29 is 33.4 Å². The van der Waals surface area contributed by atoms with Crippen LogP contribution < -0.4 is 0 Å². The molecular weight excluding hydrogens is 503 g/mol. The first-order valence-electron chi connectivity index (χ1n) is 12.4. The Balaban J connectivity index is 1.63. The summed E-state index contributed by atoms with van der Waals surface area (Å²) in [5, 5.41) is 11.7. The second-order valence-corrected chi connectivity index (χ2v) is 11.8. The number of ketones is 1. The maximum absolute atomic E-state index is 15.7. The van der Waals surface area contributed by atoms with Gasteiger partial charge in [0.2, 0.25) is 5.60 Å². The Hall–Kier alpha value is -2.65. The van der Waals surface area contributed by atoms with Gasteiger partial charge in [0.05, 0.1) is 18.1 Å². The fourth-order valence-electron chi connectivity index (χ4n) is 7.98. The number of rotatable bonds is 3. The van der Waals surface area contributed by atoms with E-state index in [4.69, 9.17) is 21.1 Å². The summed E-state index contributed by atoms with van der Waals surface area (Å²) < 4.78 is 27.0. The highest BCUT2D eigenvalue weighted by molar-refractivity contribution is 6.26. The molecule has 2 unspecified atom stereocenters. The van der Waals surface area contributed by atoms with Crippen LogP contribution in [-0.4, -0.2) is 62.7 Å². The molecule has 9 atom stereocenters. The van der Waals surface area contributed by atoms with Crippen molar-refractivity contribution in [3.63, 3.8) is 0 Å². The smallest absolute Gasteiger partial charge is 0.358 e. The number of fused-ring (bicyclic) bond motifs is 5. The Morgan fingerprint density at radius 2 is 1.97 bits per heavy atom. The van der Waals surface area contributed by atoms with E-state index in [1.807, 2.05) is 0 Å². The molecule has 198 valence electrons. The van der Waals surface area contributed by atoms with Crippen LogP contribution in [0.5, 0.6) is 0 Å². The molecule has 5 rings (SSSR count). The zero-order chi connectivity index (χ0) is 27.0. The van der Waals surface area contributed by atoms with Crippen molar-refractivity contribution in [3.8, 4) is 0 Å². The molecule has 10 heteroatoms. The van der Waals surface area contributed by atoms with Gasteiger partial charge in [0.15, 0.2) is 11.5 Å². The maximum atomic E-state index is 15.7. The van der Waals surface area contributed by atoms with Crippen LogP contribution in [0.4, 0.5) is 4.39 Å². The molecule has 0 radical (unpaired) electrons. The van der Waals surface area contributed by atoms with E-state index in [1.165, 1.54) is 37.9 Å². The lowest BCUT2D eigenvalue weighted by Gasteiger charge is -2.64. The van der Waals surface area contributed by atoms with E-state index in [1.54, 1.807) is 26.8 Å². The molecule has 1 aromatic heterocycles. The maximum Gasteiger partial charge on any atom is 0.358 e. The number of aromatic nitrogens is 2. The number of carbonyl (C=O) groups is 3. The molecule has 1 heterocycles. The molecule has 4 aliphatic carbocycles. The summed E-state index contributed by atoms with van der Waals surface area (Å²) in [7, 11) is 1.22. The normalized spacial score (nSPS) is 44.2. The van der Waals surface area contributed by atoms with Crippen LogP contribution in [0.1, 0.15) is 50.5 Å². The van der Waals surface area contributed by atoms with Gasteiger partial charge in [-0.25, -0.2) is 23.9 Å². The molecule has 0 aliphatic heterocycles. The minimum absolute atomic E-state index is 0.00420. The lowest BCUT2D eigenvalue weighted by molar-refractivity contribution is -0.199. The molecule has 0 spiro atoms. The highest BCUT2D eigenvalue weighted by Crippen LogP contribution is 2.72. The number of hydrogen-bond acceptors (Lipinski definition) is 8. The number of aliphatic hydroxyl groups is 1. The van der Waals surface area contributed by atoms with Crippen molar-refractivity contribution in [2.24, 2.45) is 28.6 Å². The number of alkyl halides is 2. The molecule has 4 aliphatic rings. The molecule has 0 aromatic carbocycles. The first kappa shape index (κ1) is 26.0. The number of aliphatic hydroxyl groups excluding tert-OH is 1. The Morgan fingerprint density at radius 1 is 1.24 bits per heavy atom. The van der Waals surface area contributed by atoms with Crippen molar-refractivity contribution in [2.75, 3.05) is 7.11 Å². The zero-order valence-corrected chi connectivity index (χ0v) is 21.9.